The molecule has 1 aliphatic carbocycles. The SMILES string of the molecule is Cl.Cl.O=C(Nc1cnn(CCN2CCOCC2)c1)C1CC12CCNCC2. The predicted octanol–water partition coefficient (Wildman–Crippen LogP) is 1.39. The van der Waals surface area contributed by atoms with Gasteiger partial charge in [0, 0.05) is 31.7 Å². The third-order valence-electron chi connectivity index (χ3n) is 5.76. The van der Waals surface area contributed by atoms with Crippen LogP contribution in [0.4, 0.5) is 5.69 Å². The molecule has 2 saturated heterocycles. The molecule has 0 aromatic carbocycles. The first kappa shape index (κ1) is 21.4. The Balaban J connectivity index is 0.00000121. The number of hydrogen-bond acceptors (Lipinski definition) is 5. The average Bonchev–Trinajstić information content (AvgIpc) is 3.12. The van der Waals surface area contributed by atoms with Crippen molar-refractivity contribution in [1.29, 1.82) is 0 Å². The van der Waals surface area contributed by atoms with Gasteiger partial charge in [0.25, 0.3) is 0 Å². The number of nitrogens with zero attached hydrogens (tertiary/aromatic N) is 3. The number of aromatic nitrogens is 2. The number of nitrogens with one attached hydrogen (secondary N) is 2. The molecule has 3 aliphatic rings. The molecule has 1 spiro atoms. The monoisotopic (exact) mass is 405 g/mol. The fraction of sp³-hybridized carbons (Fsp3) is 0.765. The van der Waals surface area contributed by atoms with E-state index in [-0.39, 0.29) is 42.1 Å². The summed E-state index contributed by atoms with van der Waals surface area (Å²) in [6.45, 7) is 7.52. The minimum Gasteiger partial charge on any atom is -0.379 e. The Hall–Kier alpha value is -0.860. The fourth-order valence-electron chi connectivity index (χ4n) is 4.04. The Morgan fingerprint density at radius 1 is 1.27 bits per heavy atom. The first-order valence-corrected chi connectivity index (χ1v) is 9.09. The van der Waals surface area contributed by atoms with Gasteiger partial charge in [-0.25, -0.2) is 0 Å². The molecule has 26 heavy (non-hydrogen) atoms. The molecule has 3 heterocycles. The zero-order valence-corrected chi connectivity index (χ0v) is 16.6. The molecular formula is C17H29Cl2N5O2. The van der Waals surface area contributed by atoms with Crippen LogP contribution >= 0.6 is 24.8 Å². The van der Waals surface area contributed by atoms with Crippen molar-refractivity contribution in [3.05, 3.63) is 12.4 Å². The number of carbonyl (C=O) groups is 1. The number of halogens is 2. The Bertz CT molecular complexity index is 585. The minimum atomic E-state index is 0. The van der Waals surface area contributed by atoms with Gasteiger partial charge in [-0.15, -0.1) is 24.8 Å². The van der Waals surface area contributed by atoms with E-state index < -0.39 is 0 Å². The molecule has 2 aliphatic heterocycles. The summed E-state index contributed by atoms with van der Waals surface area (Å²) >= 11 is 0. The van der Waals surface area contributed by atoms with Crippen LogP contribution in [0.25, 0.3) is 0 Å². The zero-order valence-electron chi connectivity index (χ0n) is 15.0. The highest BCUT2D eigenvalue weighted by molar-refractivity contribution is 5.94. The van der Waals surface area contributed by atoms with Crippen molar-refractivity contribution in [1.82, 2.24) is 20.0 Å². The lowest BCUT2D eigenvalue weighted by molar-refractivity contribution is -0.118. The van der Waals surface area contributed by atoms with Crippen LogP contribution in [0.3, 0.4) is 0 Å². The highest BCUT2D eigenvalue weighted by atomic mass is 35.5. The highest BCUT2D eigenvalue weighted by Crippen LogP contribution is 2.58. The summed E-state index contributed by atoms with van der Waals surface area (Å²) in [5.41, 5.74) is 1.10. The first-order valence-electron chi connectivity index (χ1n) is 9.09. The van der Waals surface area contributed by atoms with Gasteiger partial charge in [-0.1, -0.05) is 0 Å². The van der Waals surface area contributed by atoms with Crippen molar-refractivity contribution in [2.45, 2.75) is 25.8 Å². The number of rotatable bonds is 5. The summed E-state index contributed by atoms with van der Waals surface area (Å²) in [4.78, 5) is 14.9. The molecule has 3 fully saturated rings. The van der Waals surface area contributed by atoms with Crippen LogP contribution in [0.1, 0.15) is 19.3 Å². The highest BCUT2D eigenvalue weighted by Gasteiger charge is 2.57. The van der Waals surface area contributed by atoms with Crippen LogP contribution in [0.5, 0.6) is 0 Å². The summed E-state index contributed by atoms with van der Waals surface area (Å²) in [5.74, 6) is 0.362. The Morgan fingerprint density at radius 3 is 2.73 bits per heavy atom. The number of anilines is 1. The molecule has 1 saturated carbocycles. The maximum absolute atomic E-state index is 12.5. The number of morpholine rings is 1. The smallest absolute Gasteiger partial charge is 0.228 e. The van der Waals surface area contributed by atoms with Crippen molar-refractivity contribution in [3.8, 4) is 0 Å². The maximum atomic E-state index is 12.5. The number of hydrogen-bond donors (Lipinski definition) is 2. The lowest BCUT2D eigenvalue weighted by Crippen LogP contribution is -2.38. The van der Waals surface area contributed by atoms with E-state index in [1.54, 1.807) is 6.20 Å². The summed E-state index contributed by atoms with van der Waals surface area (Å²) in [7, 11) is 0. The van der Waals surface area contributed by atoms with Crippen molar-refractivity contribution < 1.29 is 9.53 Å². The normalized spacial score (nSPS) is 24.4. The van der Waals surface area contributed by atoms with Gasteiger partial charge in [0.15, 0.2) is 0 Å². The molecule has 9 heteroatoms. The van der Waals surface area contributed by atoms with E-state index in [0.717, 1.165) is 77.4 Å². The maximum Gasteiger partial charge on any atom is 0.228 e. The zero-order chi connectivity index (χ0) is 16.4. The van der Waals surface area contributed by atoms with Crippen molar-refractivity contribution >= 4 is 36.4 Å². The van der Waals surface area contributed by atoms with E-state index in [0.29, 0.717) is 0 Å². The molecule has 0 bridgehead atoms. The molecule has 1 aromatic heterocycles. The molecule has 7 nitrogen and oxygen atoms in total. The Labute approximate surface area is 167 Å². The minimum absolute atomic E-state index is 0. The number of ether oxygens (including phenoxy) is 1. The summed E-state index contributed by atoms with van der Waals surface area (Å²) in [6, 6.07) is 0. The molecule has 1 amide bonds. The summed E-state index contributed by atoms with van der Waals surface area (Å²) < 4.78 is 7.27. The van der Waals surface area contributed by atoms with Crippen LogP contribution < -0.4 is 10.6 Å². The van der Waals surface area contributed by atoms with Gasteiger partial charge in [-0.3, -0.25) is 14.4 Å². The Morgan fingerprint density at radius 2 is 2.00 bits per heavy atom. The van der Waals surface area contributed by atoms with E-state index >= 15 is 0 Å². The van der Waals surface area contributed by atoms with Gasteiger partial charge < -0.3 is 15.4 Å². The van der Waals surface area contributed by atoms with Crippen LogP contribution in [0, 0.1) is 11.3 Å². The second kappa shape index (κ2) is 9.37. The van der Waals surface area contributed by atoms with Crippen molar-refractivity contribution in [3.63, 3.8) is 0 Å². The number of piperidine rings is 1. The quantitative estimate of drug-likeness (QED) is 0.774. The van der Waals surface area contributed by atoms with Crippen LogP contribution in [0.15, 0.2) is 12.4 Å². The molecule has 0 radical (unpaired) electrons. The third-order valence-corrected chi connectivity index (χ3v) is 5.76. The van der Waals surface area contributed by atoms with E-state index in [1.165, 1.54) is 0 Å². The van der Waals surface area contributed by atoms with Gasteiger partial charge in [0.2, 0.25) is 5.91 Å². The number of carbonyl (C=O) groups excluding carboxylic acids is 1. The van der Waals surface area contributed by atoms with Gasteiger partial charge in [0.05, 0.1) is 31.6 Å². The second-order valence-electron chi connectivity index (χ2n) is 7.30. The molecule has 4 rings (SSSR count). The van der Waals surface area contributed by atoms with E-state index in [2.05, 4.69) is 20.6 Å². The van der Waals surface area contributed by atoms with E-state index in [1.807, 2.05) is 10.9 Å². The fourth-order valence-corrected chi connectivity index (χ4v) is 4.04. The average molecular weight is 406 g/mol. The number of amides is 1. The lowest BCUT2D eigenvalue weighted by atomic mass is 9.92. The van der Waals surface area contributed by atoms with E-state index in [4.69, 9.17) is 4.74 Å². The first-order chi connectivity index (χ1) is 11.8. The summed E-state index contributed by atoms with van der Waals surface area (Å²) in [5, 5.41) is 10.8. The van der Waals surface area contributed by atoms with Crippen LogP contribution in [0.2, 0.25) is 0 Å². The van der Waals surface area contributed by atoms with E-state index in [9.17, 15) is 4.79 Å². The van der Waals surface area contributed by atoms with Gasteiger partial charge in [0.1, 0.15) is 0 Å². The standard InChI is InChI=1S/C17H27N5O2.2ClH/c23-16(15-11-17(15)1-3-18-4-2-17)20-14-12-19-22(13-14)6-5-21-7-9-24-10-8-21;;/h12-13,15,18H,1-11H2,(H,20,23);2*1H. The summed E-state index contributed by atoms with van der Waals surface area (Å²) in [6.07, 6.45) is 7.00. The predicted molar refractivity (Wildman–Crippen MR) is 105 cm³/mol. The van der Waals surface area contributed by atoms with Crippen molar-refractivity contribution in [2.75, 3.05) is 51.3 Å². The lowest BCUT2D eigenvalue weighted by Gasteiger charge is -2.26. The van der Waals surface area contributed by atoms with Crippen LogP contribution in [-0.2, 0) is 16.1 Å². The van der Waals surface area contributed by atoms with Gasteiger partial charge >= 0.3 is 0 Å². The molecule has 1 unspecified atom stereocenters. The Kier molecular flexibility index (Phi) is 7.73. The molecule has 1 atom stereocenters. The second-order valence-corrected chi connectivity index (χ2v) is 7.30. The molecule has 1 aromatic rings. The largest absolute Gasteiger partial charge is 0.379 e. The molecular weight excluding hydrogens is 377 g/mol. The molecule has 148 valence electrons. The van der Waals surface area contributed by atoms with Gasteiger partial charge in [-0.2, -0.15) is 5.10 Å². The van der Waals surface area contributed by atoms with Crippen LogP contribution in [-0.4, -0.2) is 66.5 Å². The molecule has 2 N–H and O–H groups in total. The van der Waals surface area contributed by atoms with Crippen molar-refractivity contribution in [2.24, 2.45) is 11.3 Å². The van der Waals surface area contributed by atoms with Gasteiger partial charge in [-0.05, 0) is 37.8 Å². The third kappa shape index (κ3) is 4.89. The topological polar surface area (TPSA) is 71.4 Å².